The molecule has 0 aliphatic carbocycles. The average molecular weight is 302 g/mol. The highest BCUT2D eigenvalue weighted by atomic mass is 16.6. The Hall–Kier alpha value is -2.76. The third-order valence-corrected chi connectivity index (χ3v) is 3.08. The molecule has 1 N–H and O–H groups in total. The van der Waals surface area contributed by atoms with E-state index in [1.165, 1.54) is 12.1 Å². The molecule has 0 radical (unpaired) electrons. The first-order valence-corrected chi connectivity index (χ1v) is 6.92. The quantitative estimate of drug-likeness (QED) is 0.624. The van der Waals surface area contributed by atoms with Gasteiger partial charge < -0.3 is 14.8 Å². The summed E-state index contributed by atoms with van der Waals surface area (Å²) in [6.07, 6.45) is 0. The van der Waals surface area contributed by atoms with Crippen LogP contribution in [0.25, 0.3) is 0 Å². The van der Waals surface area contributed by atoms with Crippen molar-refractivity contribution < 1.29 is 14.4 Å². The van der Waals surface area contributed by atoms with E-state index in [0.717, 1.165) is 5.56 Å². The maximum atomic E-state index is 10.8. The van der Waals surface area contributed by atoms with Crippen molar-refractivity contribution in [2.24, 2.45) is 0 Å². The van der Waals surface area contributed by atoms with Crippen LogP contribution in [-0.4, -0.2) is 18.6 Å². The van der Waals surface area contributed by atoms with Gasteiger partial charge in [0.1, 0.15) is 0 Å². The minimum Gasteiger partial charge on any atom is -0.493 e. The summed E-state index contributed by atoms with van der Waals surface area (Å²) >= 11 is 0. The van der Waals surface area contributed by atoms with Crippen molar-refractivity contribution in [3.05, 3.63) is 58.1 Å². The topological polar surface area (TPSA) is 73.6 Å². The second-order valence-corrected chi connectivity index (χ2v) is 4.58. The number of nitro benzene ring substituents is 1. The van der Waals surface area contributed by atoms with Gasteiger partial charge >= 0.3 is 0 Å². The SMILES string of the molecule is CCOc1ccc(CNc2cccc([N+](=O)[O-])c2)cc1OC. The Kier molecular flexibility index (Phi) is 5.19. The first kappa shape index (κ1) is 15.6. The molecule has 6 nitrogen and oxygen atoms in total. The minimum absolute atomic E-state index is 0.0641. The molecule has 22 heavy (non-hydrogen) atoms. The van der Waals surface area contributed by atoms with Crippen LogP contribution < -0.4 is 14.8 Å². The third kappa shape index (κ3) is 3.88. The summed E-state index contributed by atoms with van der Waals surface area (Å²) in [7, 11) is 1.59. The van der Waals surface area contributed by atoms with E-state index in [9.17, 15) is 10.1 Å². The Morgan fingerprint density at radius 1 is 1.18 bits per heavy atom. The number of rotatable bonds is 7. The summed E-state index contributed by atoms with van der Waals surface area (Å²) in [5, 5.41) is 13.9. The number of nitrogens with zero attached hydrogens (tertiary/aromatic N) is 1. The lowest BCUT2D eigenvalue weighted by Crippen LogP contribution is -2.01. The Bertz CT molecular complexity index is 658. The molecule has 0 aliphatic heterocycles. The van der Waals surface area contributed by atoms with E-state index in [1.54, 1.807) is 19.2 Å². The zero-order valence-corrected chi connectivity index (χ0v) is 12.5. The predicted octanol–water partition coefficient (Wildman–Crippen LogP) is 3.61. The molecule has 0 amide bonds. The number of anilines is 1. The van der Waals surface area contributed by atoms with Crippen LogP contribution in [0.1, 0.15) is 12.5 Å². The zero-order valence-electron chi connectivity index (χ0n) is 12.5. The largest absolute Gasteiger partial charge is 0.493 e. The summed E-state index contributed by atoms with van der Waals surface area (Å²) in [4.78, 5) is 10.3. The lowest BCUT2D eigenvalue weighted by atomic mass is 10.2. The number of benzene rings is 2. The molecule has 0 unspecified atom stereocenters. The van der Waals surface area contributed by atoms with Crippen molar-refractivity contribution in [1.82, 2.24) is 0 Å². The van der Waals surface area contributed by atoms with Crippen LogP contribution in [0.5, 0.6) is 11.5 Å². The van der Waals surface area contributed by atoms with Crippen LogP contribution in [0, 0.1) is 10.1 Å². The maximum absolute atomic E-state index is 10.8. The fourth-order valence-electron chi connectivity index (χ4n) is 2.03. The molecule has 2 rings (SSSR count). The number of nitro groups is 1. The molecule has 0 spiro atoms. The molecule has 0 aliphatic rings. The van der Waals surface area contributed by atoms with E-state index in [0.29, 0.717) is 30.3 Å². The van der Waals surface area contributed by atoms with Crippen molar-refractivity contribution in [2.75, 3.05) is 19.0 Å². The van der Waals surface area contributed by atoms with Gasteiger partial charge in [0.2, 0.25) is 0 Å². The van der Waals surface area contributed by atoms with Crippen molar-refractivity contribution in [1.29, 1.82) is 0 Å². The Labute approximate surface area is 128 Å². The minimum atomic E-state index is -0.412. The first-order chi connectivity index (χ1) is 10.6. The Morgan fingerprint density at radius 3 is 2.68 bits per heavy atom. The zero-order chi connectivity index (χ0) is 15.9. The van der Waals surface area contributed by atoms with E-state index in [-0.39, 0.29) is 5.69 Å². The number of hydrogen-bond acceptors (Lipinski definition) is 5. The van der Waals surface area contributed by atoms with Crippen molar-refractivity contribution in [3.63, 3.8) is 0 Å². The van der Waals surface area contributed by atoms with Crippen LogP contribution in [0.2, 0.25) is 0 Å². The van der Waals surface area contributed by atoms with Crippen molar-refractivity contribution >= 4 is 11.4 Å². The Balaban J connectivity index is 2.08. The van der Waals surface area contributed by atoms with Gasteiger partial charge in [-0.25, -0.2) is 0 Å². The normalized spacial score (nSPS) is 10.1. The Morgan fingerprint density at radius 2 is 2.00 bits per heavy atom. The second-order valence-electron chi connectivity index (χ2n) is 4.58. The smallest absolute Gasteiger partial charge is 0.271 e. The lowest BCUT2D eigenvalue weighted by molar-refractivity contribution is -0.384. The molecule has 2 aromatic rings. The lowest BCUT2D eigenvalue weighted by Gasteiger charge is -2.12. The van der Waals surface area contributed by atoms with Gasteiger partial charge in [-0.15, -0.1) is 0 Å². The molecule has 0 heterocycles. The van der Waals surface area contributed by atoms with Crippen molar-refractivity contribution in [3.8, 4) is 11.5 Å². The monoisotopic (exact) mass is 302 g/mol. The molecule has 0 fully saturated rings. The van der Waals surface area contributed by atoms with Gasteiger partial charge in [-0.05, 0) is 30.7 Å². The van der Waals surface area contributed by atoms with Gasteiger partial charge in [-0.2, -0.15) is 0 Å². The van der Waals surface area contributed by atoms with E-state index in [2.05, 4.69) is 5.32 Å². The van der Waals surface area contributed by atoms with Crippen LogP contribution >= 0.6 is 0 Å². The number of methoxy groups -OCH3 is 1. The summed E-state index contributed by atoms with van der Waals surface area (Å²) in [6, 6.07) is 12.1. The fraction of sp³-hybridized carbons (Fsp3) is 0.250. The summed E-state index contributed by atoms with van der Waals surface area (Å²) in [5.41, 5.74) is 1.75. The van der Waals surface area contributed by atoms with Gasteiger partial charge in [-0.3, -0.25) is 10.1 Å². The molecule has 0 bridgehead atoms. The highest BCUT2D eigenvalue weighted by Gasteiger charge is 2.07. The third-order valence-electron chi connectivity index (χ3n) is 3.08. The fourth-order valence-corrected chi connectivity index (χ4v) is 2.03. The van der Waals surface area contributed by atoms with Crippen LogP contribution in [-0.2, 0) is 6.54 Å². The molecule has 0 atom stereocenters. The molecular weight excluding hydrogens is 284 g/mol. The molecule has 116 valence electrons. The highest BCUT2D eigenvalue weighted by Crippen LogP contribution is 2.28. The van der Waals surface area contributed by atoms with Gasteiger partial charge in [0.15, 0.2) is 11.5 Å². The molecular formula is C16H18N2O4. The number of non-ortho nitro benzene ring substituents is 1. The second kappa shape index (κ2) is 7.31. The first-order valence-electron chi connectivity index (χ1n) is 6.92. The van der Waals surface area contributed by atoms with Gasteiger partial charge in [-0.1, -0.05) is 12.1 Å². The predicted molar refractivity (Wildman–Crippen MR) is 84.6 cm³/mol. The molecule has 0 saturated carbocycles. The number of hydrogen-bond donors (Lipinski definition) is 1. The van der Waals surface area contributed by atoms with Gasteiger partial charge in [0, 0.05) is 24.4 Å². The molecule has 6 heteroatoms. The van der Waals surface area contributed by atoms with E-state index in [4.69, 9.17) is 9.47 Å². The van der Waals surface area contributed by atoms with Crippen LogP contribution in [0.3, 0.4) is 0 Å². The standard InChI is InChI=1S/C16H18N2O4/c1-3-22-15-8-7-12(9-16(15)21-2)11-17-13-5-4-6-14(10-13)18(19)20/h4-10,17H,3,11H2,1-2H3. The summed E-state index contributed by atoms with van der Waals surface area (Å²) in [5.74, 6) is 1.37. The maximum Gasteiger partial charge on any atom is 0.271 e. The number of nitrogens with one attached hydrogen (secondary N) is 1. The van der Waals surface area contributed by atoms with E-state index < -0.39 is 4.92 Å². The van der Waals surface area contributed by atoms with E-state index in [1.807, 2.05) is 25.1 Å². The highest BCUT2D eigenvalue weighted by molar-refractivity contribution is 5.52. The van der Waals surface area contributed by atoms with Crippen LogP contribution in [0.15, 0.2) is 42.5 Å². The number of ether oxygens (including phenoxy) is 2. The molecule has 0 aromatic heterocycles. The van der Waals surface area contributed by atoms with Crippen molar-refractivity contribution in [2.45, 2.75) is 13.5 Å². The van der Waals surface area contributed by atoms with Gasteiger partial charge in [0.05, 0.1) is 18.6 Å². The van der Waals surface area contributed by atoms with Crippen LogP contribution in [0.4, 0.5) is 11.4 Å². The molecule has 0 saturated heterocycles. The average Bonchev–Trinajstić information content (AvgIpc) is 2.54. The summed E-state index contributed by atoms with van der Waals surface area (Å²) < 4.78 is 10.8. The molecule has 2 aromatic carbocycles. The summed E-state index contributed by atoms with van der Waals surface area (Å²) in [6.45, 7) is 3.02. The van der Waals surface area contributed by atoms with E-state index >= 15 is 0 Å². The van der Waals surface area contributed by atoms with Gasteiger partial charge in [0.25, 0.3) is 5.69 Å².